The van der Waals surface area contributed by atoms with Crippen molar-refractivity contribution in [3.8, 4) is 0 Å². The van der Waals surface area contributed by atoms with Crippen LogP contribution >= 0.6 is 8.25 Å². The first-order chi connectivity index (χ1) is 9.81. The predicted octanol–water partition coefficient (Wildman–Crippen LogP) is 1.03. The highest BCUT2D eigenvalue weighted by Crippen LogP contribution is 2.51. The molecular weight excluding hydrogens is 283 g/mol. The summed E-state index contributed by atoms with van der Waals surface area (Å²) in [5, 5.41) is 13.1. The van der Waals surface area contributed by atoms with Crippen LogP contribution in [0.2, 0.25) is 0 Å². The van der Waals surface area contributed by atoms with Gasteiger partial charge in [0.15, 0.2) is 0 Å². The topological polar surface area (TPSA) is 119 Å². The minimum Gasteiger partial charge on any atom is -0.263 e. The number of hydrogen-bond donors (Lipinski definition) is 2. The molecule has 4 rings (SSSR count). The summed E-state index contributed by atoms with van der Waals surface area (Å²) in [5.74, 6) is 1.82. The summed E-state index contributed by atoms with van der Waals surface area (Å²) >= 11 is 0. The summed E-state index contributed by atoms with van der Waals surface area (Å²) in [4.78, 5) is 8.11. The molecule has 2 aromatic heterocycles. The van der Waals surface area contributed by atoms with Crippen molar-refractivity contribution in [2.45, 2.75) is 36.9 Å². The maximum atomic E-state index is 11.8. The molecule has 2 aromatic rings. The predicted molar refractivity (Wildman–Crippen MR) is 64.8 cm³/mol. The Morgan fingerprint density at radius 2 is 1.50 bits per heavy atom. The molecule has 0 saturated heterocycles. The van der Waals surface area contributed by atoms with Gasteiger partial charge in [-0.25, -0.2) is 9.97 Å². The van der Waals surface area contributed by atoms with E-state index in [1.54, 1.807) is 0 Å². The van der Waals surface area contributed by atoms with Gasteiger partial charge >= 0.3 is 8.25 Å². The third-order valence-corrected chi connectivity index (χ3v) is 4.36. The van der Waals surface area contributed by atoms with Crippen LogP contribution < -0.4 is 0 Å². The Morgan fingerprint density at radius 1 is 1.00 bits per heavy atom. The lowest BCUT2D eigenvalue weighted by atomic mass is 10.4. The van der Waals surface area contributed by atoms with Crippen LogP contribution in [0.25, 0.3) is 0 Å². The van der Waals surface area contributed by atoms with E-state index >= 15 is 0 Å². The Morgan fingerprint density at radius 3 is 1.90 bits per heavy atom. The molecule has 2 fully saturated rings. The molecule has 0 radical (unpaired) electrons. The molecule has 0 aromatic carbocycles. The molecule has 0 bridgehead atoms. The van der Waals surface area contributed by atoms with Gasteiger partial charge in [0.05, 0.1) is 11.8 Å². The number of hydrogen-bond acceptors (Lipinski definition) is 7. The van der Waals surface area contributed by atoms with Crippen molar-refractivity contribution in [3.63, 3.8) is 0 Å². The van der Waals surface area contributed by atoms with E-state index in [2.05, 4.69) is 30.4 Å². The molecule has 2 saturated carbocycles. The minimum absolute atomic E-state index is 0.103. The van der Waals surface area contributed by atoms with Gasteiger partial charge in [-0.15, -0.1) is 9.05 Å². The molecule has 0 spiro atoms. The van der Waals surface area contributed by atoms with Crippen LogP contribution in [0.15, 0.2) is 12.7 Å². The maximum absolute atomic E-state index is 11.8. The number of aromatic nitrogens is 6. The average molecular weight is 295 g/mol. The van der Waals surface area contributed by atoms with Crippen LogP contribution in [-0.2, 0) is 13.6 Å². The average Bonchev–Trinajstić information content (AvgIpc) is 3.22. The van der Waals surface area contributed by atoms with Crippen molar-refractivity contribution in [2.24, 2.45) is 0 Å². The van der Waals surface area contributed by atoms with Crippen molar-refractivity contribution < 1.29 is 13.6 Å². The fraction of sp³-hybridized carbons (Fsp3) is 0.600. The second-order valence-corrected chi connectivity index (χ2v) is 5.81. The van der Waals surface area contributed by atoms with Crippen molar-refractivity contribution in [1.82, 2.24) is 30.4 Å². The molecule has 104 valence electrons. The minimum atomic E-state index is -2.11. The molecule has 4 atom stereocenters. The van der Waals surface area contributed by atoms with Gasteiger partial charge in [0.2, 0.25) is 0 Å². The lowest BCUT2D eigenvalue weighted by molar-refractivity contribution is 0.205. The normalized spacial score (nSPS) is 32.1. The van der Waals surface area contributed by atoms with Crippen LogP contribution in [0.1, 0.15) is 36.3 Å². The lowest BCUT2D eigenvalue weighted by Crippen LogP contribution is -1.96. The molecule has 2 N–H and O–H groups in total. The van der Waals surface area contributed by atoms with Crippen LogP contribution in [-0.4, -0.2) is 42.6 Å². The van der Waals surface area contributed by atoms with Gasteiger partial charge in [-0.05, 0) is 12.8 Å². The summed E-state index contributed by atoms with van der Waals surface area (Å²) in [6.45, 7) is 0. The molecule has 0 aliphatic heterocycles. The van der Waals surface area contributed by atoms with Gasteiger partial charge in [-0.1, -0.05) is 0 Å². The zero-order valence-corrected chi connectivity index (χ0v) is 11.2. The number of rotatable bonds is 6. The van der Waals surface area contributed by atoms with Crippen LogP contribution in [0.5, 0.6) is 0 Å². The highest BCUT2D eigenvalue weighted by atomic mass is 31.1. The second kappa shape index (κ2) is 4.69. The maximum Gasteiger partial charge on any atom is 0.698 e. The Bertz CT molecular complexity index is 550. The molecule has 9 nitrogen and oxygen atoms in total. The molecular formula is C10H12N6O3P+. The van der Waals surface area contributed by atoms with E-state index in [4.69, 9.17) is 9.05 Å². The SMILES string of the molecule is O=[P+](OC1CC1c1ncn[nH]1)OC1CC1c1ncn[nH]1. The fourth-order valence-electron chi connectivity index (χ4n) is 2.18. The van der Waals surface area contributed by atoms with E-state index in [-0.39, 0.29) is 24.0 Å². The third kappa shape index (κ3) is 2.35. The largest absolute Gasteiger partial charge is 0.698 e. The summed E-state index contributed by atoms with van der Waals surface area (Å²) in [6.07, 6.45) is 4.27. The Labute approximate surface area is 114 Å². The van der Waals surface area contributed by atoms with E-state index in [9.17, 15) is 4.57 Å². The van der Waals surface area contributed by atoms with E-state index < -0.39 is 8.25 Å². The zero-order valence-electron chi connectivity index (χ0n) is 10.3. The molecule has 2 aliphatic carbocycles. The third-order valence-electron chi connectivity index (χ3n) is 3.48. The first-order valence-corrected chi connectivity index (χ1v) is 7.42. The smallest absolute Gasteiger partial charge is 0.263 e. The van der Waals surface area contributed by atoms with Crippen LogP contribution in [0.3, 0.4) is 0 Å². The molecule has 20 heavy (non-hydrogen) atoms. The number of aromatic amines is 2. The molecule has 4 unspecified atom stereocenters. The van der Waals surface area contributed by atoms with Crippen LogP contribution in [0, 0.1) is 0 Å². The highest BCUT2D eigenvalue weighted by molar-refractivity contribution is 7.33. The van der Waals surface area contributed by atoms with Crippen molar-refractivity contribution >= 4 is 8.25 Å². The van der Waals surface area contributed by atoms with E-state index in [0.717, 1.165) is 24.5 Å². The van der Waals surface area contributed by atoms with Crippen LogP contribution in [0.4, 0.5) is 0 Å². The Hall–Kier alpha value is -1.70. The van der Waals surface area contributed by atoms with Gasteiger partial charge in [-0.3, -0.25) is 10.2 Å². The summed E-state index contributed by atoms with van der Waals surface area (Å²) < 4.78 is 22.5. The lowest BCUT2D eigenvalue weighted by Gasteiger charge is -1.90. The Balaban J connectivity index is 1.25. The van der Waals surface area contributed by atoms with Gasteiger partial charge in [0, 0.05) is 4.57 Å². The number of H-pyrrole nitrogens is 2. The molecule has 2 heterocycles. The van der Waals surface area contributed by atoms with Gasteiger partial charge in [-0.2, -0.15) is 10.2 Å². The van der Waals surface area contributed by atoms with Gasteiger partial charge in [0.25, 0.3) is 0 Å². The van der Waals surface area contributed by atoms with Gasteiger partial charge in [0.1, 0.15) is 36.5 Å². The van der Waals surface area contributed by atoms with E-state index in [1.165, 1.54) is 12.7 Å². The van der Waals surface area contributed by atoms with Crippen molar-refractivity contribution in [3.05, 3.63) is 24.3 Å². The molecule has 2 aliphatic rings. The monoisotopic (exact) mass is 295 g/mol. The highest BCUT2D eigenvalue weighted by Gasteiger charge is 2.53. The second-order valence-electron chi connectivity index (χ2n) is 4.94. The standard InChI is InChI=1S/C10H12N6O3P/c17-20(18-7-1-5(7)9-11-3-13-15-9)19-8-2-6(8)10-12-4-14-16-10/h3-8H,1-2H2,(H,11,13,15)(H,12,14,16)/q+1. The van der Waals surface area contributed by atoms with E-state index in [0.29, 0.717) is 0 Å². The van der Waals surface area contributed by atoms with Crippen molar-refractivity contribution in [2.75, 3.05) is 0 Å². The first kappa shape index (κ1) is 12.1. The molecule has 0 amide bonds. The summed E-state index contributed by atoms with van der Waals surface area (Å²) in [6, 6.07) is 0. The van der Waals surface area contributed by atoms with E-state index in [1.807, 2.05) is 0 Å². The molecule has 10 heteroatoms. The number of nitrogens with zero attached hydrogens (tertiary/aromatic N) is 4. The fourth-order valence-corrected chi connectivity index (χ4v) is 3.14. The zero-order chi connectivity index (χ0) is 13.5. The quantitative estimate of drug-likeness (QED) is 0.764. The van der Waals surface area contributed by atoms with Crippen molar-refractivity contribution in [1.29, 1.82) is 0 Å². The van der Waals surface area contributed by atoms with Gasteiger partial charge < -0.3 is 0 Å². The Kier molecular flexibility index (Phi) is 2.83. The number of nitrogens with one attached hydrogen (secondary N) is 2. The first-order valence-electron chi connectivity index (χ1n) is 6.32. The summed E-state index contributed by atoms with van der Waals surface area (Å²) in [7, 11) is -2.11. The summed E-state index contributed by atoms with van der Waals surface area (Å²) in [5.41, 5.74) is 0.